The number of rotatable bonds is 8. The molecule has 0 amide bonds. The summed E-state index contributed by atoms with van der Waals surface area (Å²) >= 11 is 0. The molecule has 2 aromatic rings. The first-order valence-corrected chi connectivity index (χ1v) is 7.84. The topological polar surface area (TPSA) is 65.0 Å². The van der Waals surface area contributed by atoms with Gasteiger partial charge in [0.25, 0.3) is 0 Å². The van der Waals surface area contributed by atoms with E-state index in [0.717, 1.165) is 11.3 Å². The number of hydrogen-bond acceptors (Lipinski definition) is 4. The number of aryl methyl sites for hydroxylation is 2. The molecule has 0 atom stereocenters. The Labute approximate surface area is 141 Å². The monoisotopic (exact) mass is 330 g/mol. The van der Waals surface area contributed by atoms with E-state index < -0.39 is 5.97 Å². The van der Waals surface area contributed by atoms with Crippen LogP contribution in [-0.2, 0) is 0 Å². The molecule has 0 saturated heterocycles. The molecular formula is C19H22O5. The Bertz CT molecular complexity index is 709. The van der Waals surface area contributed by atoms with Gasteiger partial charge in [-0.05, 0) is 50.6 Å². The van der Waals surface area contributed by atoms with Crippen LogP contribution >= 0.6 is 0 Å². The molecule has 0 aliphatic rings. The predicted octanol–water partition coefficient (Wildman–Crippen LogP) is 3.86. The van der Waals surface area contributed by atoms with Crippen molar-refractivity contribution in [2.24, 2.45) is 0 Å². The van der Waals surface area contributed by atoms with Gasteiger partial charge in [-0.25, -0.2) is 4.79 Å². The highest BCUT2D eigenvalue weighted by atomic mass is 16.5. The van der Waals surface area contributed by atoms with Crippen molar-refractivity contribution in [3.63, 3.8) is 0 Å². The quantitative estimate of drug-likeness (QED) is 0.745. The van der Waals surface area contributed by atoms with Crippen molar-refractivity contribution in [1.82, 2.24) is 0 Å². The second-order valence-electron chi connectivity index (χ2n) is 5.37. The fraction of sp³-hybridized carbons (Fsp3) is 0.316. The van der Waals surface area contributed by atoms with E-state index in [1.807, 2.05) is 32.9 Å². The molecule has 0 aromatic heterocycles. The molecule has 24 heavy (non-hydrogen) atoms. The van der Waals surface area contributed by atoms with Gasteiger partial charge in [-0.15, -0.1) is 0 Å². The fourth-order valence-electron chi connectivity index (χ4n) is 2.29. The zero-order valence-electron chi connectivity index (χ0n) is 14.2. The molecule has 0 bridgehead atoms. The third-order valence-electron chi connectivity index (χ3n) is 3.42. The Morgan fingerprint density at radius 3 is 2.21 bits per heavy atom. The summed E-state index contributed by atoms with van der Waals surface area (Å²) in [6.45, 7) is 7.02. The smallest absolute Gasteiger partial charge is 0.335 e. The Morgan fingerprint density at radius 2 is 1.58 bits per heavy atom. The van der Waals surface area contributed by atoms with Gasteiger partial charge in [0.2, 0.25) is 0 Å². The zero-order chi connectivity index (χ0) is 17.5. The molecule has 0 aliphatic carbocycles. The minimum atomic E-state index is -0.999. The maximum Gasteiger partial charge on any atom is 0.335 e. The van der Waals surface area contributed by atoms with Crippen LogP contribution in [0.2, 0.25) is 0 Å². The molecule has 0 spiro atoms. The van der Waals surface area contributed by atoms with E-state index in [2.05, 4.69) is 6.07 Å². The van der Waals surface area contributed by atoms with Crippen LogP contribution < -0.4 is 14.2 Å². The molecule has 0 heterocycles. The van der Waals surface area contributed by atoms with Crippen LogP contribution in [0.4, 0.5) is 0 Å². The van der Waals surface area contributed by atoms with Gasteiger partial charge in [0.05, 0.1) is 12.2 Å². The van der Waals surface area contributed by atoms with E-state index in [9.17, 15) is 4.79 Å². The first-order valence-electron chi connectivity index (χ1n) is 7.84. The van der Waals surface area contributed by atoms with Crippen molar-refractivity contribution >= 4 is 5.97 Å². The summed E-state index contributed by atoms with van der Waals surface area (Å²) in [6.07, 6.45) is 0. The van der Waals surface area contributed by atoms with Gasteiger partial charge < -0.3 is 19.3 Å². The summed E-state index contributed by atoms with van der Waals surface area (Å²) in [4.78, 5) is 11.0. The number of carbonyl (C=O) groups is 1. The van der Waals surface area contributed by atoms with Gasteiger partial charge in [-0.1, -0.05) is 17.7 Å². The molecule has 0 unspecified atom stereocenters. The second-order valence-corrected chi connectivity index (χ2v) is 5.37. The molecule has 2 aromatic carbocycles. The van der Waals surface area contributed by atoms with E-state index >= 15 is 0 Å². The van der Waals surface area contributed by atoms with Crippen molar-refractivity contribution in [3.05, 3.63) is 53.1 Å². The average Bonchev–Trinajstić information content (AvgIpc) is 2.54. The number of ether oxygens (including phenoxy) is 3. The second kappa shape index (κ2) is 8.24. The van der Waals surface area contributed by atoms with E-state index in [1.165, 1.54) is 17.7 Å². The number of carboxylic acid groups (broad SMARTS) is 1. The molecule has 0 aliphatic heterocycles. The van der Waals surface area contributed by atoms with Crippen LogP contribution in [0.1, 0.15) is 28.4 Å². The van der Waals surface area contributed by atoms with Gasteiger partial charge in [-0.2, -0.15) is 0 Å². The molecular weight excluding hydrogens is 308 g/mol. The van der Waals surface area contributed by atoms with Crippen LogP contribution in [0.5, 0.6) is 17.2 Å². The number of hydrogen-bond donors (Lipinski definition) is 1. The van der Waals surface area contributed by atoms with Gasteiger partial charge in [0.1, 0.15) is 19.0 Å². The standard InChI is InChI=1S/C19H22O5/c1-4-22-18-12-15(19(20)21)6-8-17(18)24-10-9-23-16-7-5-13(2)11-14(16)3/h5-8,11-12H,4,9-10H2,1-3H3,(H,20,21). The van der Waals surface area contributed by atoms with Gasteiger partial charge >= 0.3 is 5.97 Å². The van der Waals surface area contributed by atoms with Crippen LogP contribution in [-0.4, -0.2) is 30.9 Å². The molecule has 5 heteroatoms. The first-order chi connectivity index (χ1) is 11.5. The van der Waals surface area contributed by atoms with Crippen molar-refractivity contribution in [1.29, 1.82) is 0 Å². The Kier molecular flexibility index (Phi) is 6.07. The van der Waals surface area contributed by atoms with E-state index in [4.69, 9.17) is 19.3 Å². The summed E-state index contributed by atoms with van der Waals surface area (Å²) in [7, 11) is 0. The maximum absolute atomic E-state index is 11.0. The molecule has 0 fully saturated rings. The van der Waals surface area contributed by atoms with Gasteiger partial charge in [0.15, 0.2) is 11.5 Å². The molecule has 0 saturated carbocycles. The summed E-state index contributed by atoms with van der Waals surface area (Å²) < 4.78 is 16.8. The third-order valence-corrected chi connectivity index (χ3v) is 3.42. The van der Waals surface area contributed by atoms with Crippen molar-refractivity contribution in [2.45, 2.75) is 20.8 Å². The van der Waals surface area contributed by atoms with E-state index in [-0.39, 0.29) is 5.56 Å². The first kappa shape index (κ1) is 17.7. The fourth-order valence-corrected chi connectivity index (χ4v) is 2.29. The Hall–Kier alpha value is -2.69. The van der Waals surface area contributed by atoms with Crippen LogP contribution in [0.3, 0.4) is 0 Å². The lowest BCUT2D eigenvalue weighted by Gasteiger charge is -2.14. The average molecular weight is 330 g/mol. The SMILES string of the molecule is CCOc1cc(C(=O)O)ccc1OCCOc1ccc(C)cc1C. The van der Waals surface area contributed by atoms with Crippen LogP contribution in [0, 0.1) is 13.8 Å². The highest BCUT2D eigenvalue weighted by Crippen LogP contribution is 2.28. The molecule has 5 nitrogen and oxygen atoms in total. The highest BCUT2D eigenvalue weighted by molar-refractivity contribution is 5.88. The number of carboxylic acids is 1. The summed E-state index contributed by atoms with van der Waals surface area (Å²) in [5.74, 6) is 0.756. The summed E-state index contributed by atoms with van der Waals surface area (Å²) in [5.41, 5.74) is 2.43. The lowest BCUT2D eigenvalue weighted by atomic mass is 10.1. The number of benzene rings is 2. The lowest BCUT2D eigenvalue weighted by Crippen LogP contribution is -2.11. The van der Waals surface area contributed by atoms with Crippen molar-refractivity contribution < 1.29 is 24.1 Å². The Balaban J connectivity index is 1.95. The van der Waals surface area contributed by atoms with Gasteiger partial charge in [-0.3, -0.25) is 0 Å². The molecule has 0 radical (unpaired) electrons. The highest BCUT2D eigenvalue weighted by Gasteiger charge is 2.10. The third kappa shape index (κ3) is 4.65. The maximum atomic E-state index is 11.0. The normalized spacial score (nSPS) is 10.3. The minimum absolute atomic E-state index is 0.164. The van der Waals surface area contributed by atoms with Crippen molar-refractivity contribution in [3.8, 4) is 17.2 Å². The molecule has 2 rings (SSSR count). The minimum Gasteiger partial charge on any atom is -0.490 e. The molecule has 128 valence electrons. The largest absolute Gasteiger partial charge is 0.490 e. The molecule has 1 N–H and O–H groups in total. The van der Waals surface area contributed by atoms with Crippen LogP contribution in [0.15, 0.2) is 36.4 Å². The summed E-state index contributed by atoms with van der Waals surface area (Å²) in [6, 6.07) is 10.6. The van der Waals surface area contributed by atoms with Gasteiger partial charge in [0, 0.05) is 0 Å². The summed E-state index contributed by atoms with van der Waals surface area (Å²) in [5, 5.41) is 9.04. The zero-order valence-corrected chi connectivity index (χ0v) is 14.2. The lowest BCUT2D eigenvalue weighted by molar-refractivity contribution is 0.0696. The van der Waals surface area contributed by atoms with E-state index in [0.29, 0.717) is 31.3 Å². The van der Waals surface area contributed by atoms with Crippen molar-refractivity contribution in [2.75, 3.05) is 19.8 Å². The Morgan fingerprint density at radius 1 is 0.917 bits per heavy atom. The van der Waals surface area contributed by atoms with Crippen LogP contribution in [0.25, 0.3) is 0 Å². The number of aromatic carboxylic acids is 1. The predicted molar refractivity (Wildman–Crippen MR) is 91.5 cm³/mol. The van der Waals surface area contributed by atoms with E-state index in [1.54, 1.807) is 6.07 Å².